The molecule has 0 amide bonds. The molecule has 0 bridgehead atoms. The lowest BCUT2D eigenvalue weighted by Crippen LogP contribution is -2.27. The molecule has 3 rings (SSSR count). The van der Waals surface area contributed by atoms with Gasteiger partial charge in [-0.05, 0) is 31.4 Å². The van der Waals surface area contributed by atoms with Crippen molar-refractivity contribution >= 4 is 5.69 Å². The topological polar surface area (TPSA) is 39.1 Å². The summed E-state index contributed by atoms with van der Waals surface area (Å²) in [5, 5.41) is 12.6. The maximum atomic E-state index is 9.04. The Bertz CT molecular complexity index is 445. The molecule has 2 fully saturated rings. The van der Waals surface area contributed by atoms with Gasteiger partial charge in [0.15, 0.2) is 0 Å². The fourth-order valence-electron chi connectivity index (χ4n) is 2.60. The smallest absolute Gasteiger partial charge is 0.101 e. The van der Waals surface area contributed by atoms with Gasteiger partial charge >= 0.3 is 0 Å². The SMILES string of the molecule is N#Cc1ccccc1NC1CCN(C2CC2)C1. The first kappa shape index (κ1) is 10.6. The van der Waals surface area contributed by atoms with Gasteiger partial charge in [-0.15, -0.1) is 0 Å². The summed E-state index contributed by atoms with van der Waals surface area (Å²) in [6.45, 7) is 2.33. The van der Waals surface area contributed by atoms with Crippen LogP contribution in [0.1, 0.15) is 24.8 Å². The summed E-state index contributed by atoms with van der Waals surface area (Å²) in [5.74, 6) is 0. The van der Waals surface area contributed by atoms with Crippen molar-refractivity contribution in [2.75, 3.05) is 18.4 Å². The molecule has 1 heterocycles. The second-order valence-electron chi connectivity index (χ2n) is 5.01. The molecule has 2 aliphatic rings. The molecule has 1 aromatic carbocycles. The molecule has 3 nitrogen and oxygen atoms in total. The highest BCUT2D eigenvalue weighted by Crippen LogP contribution is 2.30. The zero-order chi connectivity index (χ0) is 11.7. The van der Waals surface area contributed by atoms with E-state index in [1.165, 1.54) is 25.8 Å². The van der Waals surface area contributed by atoms with Crippen LogP contribution < -0.4 is 5.32 Å². The minimum atomic E-state index is 0.505. The first-order valence-corrected chi connectivity index (χ1v) is 6.36. The van der Waals surface area contributed by atoms with Gasteiger partial charge in [0, 0.05) is 25.2 Å². The summed E-state index contributed by atoms with van der Waals surface area (Å²) in [7, 11) is 0. The highest BCUT2D eigenvalue weighted by molar-refractivity contribution is 5.57. The number of anilines is 1. The molecule has 17 heavy (non-hydrogen) atoms. The molecular formula is C14H17N3. The minimum Gasteiger partial charge on any atom is -0.380 e. The Kier molecular flexibility index (Phi) is 2.74. The van der Waals surface area contributed by atoms with Crippen LogP contribution in [0, 0.1) is 11.3 Å². The van der Waals surface area contributed by atoms with Gasteiger partial charge in [0.1, 0.15) is 6.07 Å². The van der Waals surface area contributed by atoms with Crippen molar-refractivity contribution in [3.05, 3.63) is 29.8 Å². The third kappa shape index (κ3) is 2.27. The van der Waals surface area contributed by atoms with E-state index in [0.29, 0.717) is 6.04 Å². The van der Waals surface area contributed by atoms with Gasteiger partial charge < -0.3 is 5.32 Å². The molecule has 0 aromatic heterocycles. The Hall–Kier alpha value is -1.53. The van der Waals surface area contributed by atoms with E-state index in [1.54, 1.807) is 0 Å². The van der Waals surface area contributed by atoms with Crippen molar-refractivity contribution in [3.63, 3.8) is 0 Å². The number of para-hydroxylation sites is 1. The quantitative estimate of drug-likeness (QED) is 0.860. The third-order valence-electron chi connectivity index (χ3n) is 3.69. The van der Waals surface area contributed by atoms with Crippen LogP contribution in [0.3, 0.4) is 0 Å². The minimum absolute atomic E-state index is 0.505. The standard InChI is InChI=1S/C14H17N3/c15-9-11-3-1-2-4-14(11)16-12-7-8-17(10-12)13-5-6-13/h1-4,12-13,16H,5-8,10H2. The predicted molar refractivity (Wildman–Crippen MR) is 67.8 cm³/mol. The molecule has 1 N–H and O–H groups in total. The molecule has 3 heteroatoms. The zero-order valence-electron chi connectivity index (χ0n) is 9.89. The second kappa shape index (κ2) is 4.38. The average molecular weight is 227 g/mol. The number of nitriles is 1. The summed E-state index contributed by atoms with van der Waals surface area (Å²) in [4.78, 5) is 2.58. The van der Waals surface area contributed by atoms with Gasteiger partial charge in [-0.1, -0.05) is 12.1 Å². The van der Waals surface area contributed by atoms with Crippen molar-refractivity contribution in [2.24, 2.45) is 0 Å². The molecule has 0 radical (unpaired) electrons. The van der Waals surface area contributed by atoms with Crippen LogP contribution >= 0.6 is 0 Å². The molecule has 1 unspecified atom stereocenters. The molecule has 1 aromatic rings. The van der Waals surface area contributed by atoms with Gasteiger partial charge in [0.05, 0.1) is 11.3 Å². The highest BCUT2D eigenvalue weighted by Gasteiger charge is 2.34. The molecule has 1 aliphatic heterocycles. The lowest BCUT2D eigenvalue weighted by atomic mass is 10.1. The molecular weight excluding hydrogens is 210 g/mol. The van der Waals surface area contributed by atoms with Crippen LogP contribution in [0.15, 0.2) is 24.3 Å². The molecule has 1 saturated heterocycles. The summed E-state index contributed by atoms with van der Waals surface area (Å²) >= 11 is 0. The normalized spacial score (nSPS) is 24.5. The first-order valence-electron chi connectivity index (χ1n) is 6.36. The van der Waals surface area contributed by atoms with Crippen LogP contribution in [-0.2, 0) is 0 Å². The number of nitrogens with zero attached hydrogens (tertiary/aromatic N) is 2. The lowest BCUT2D eigenvalue weighted by molar-refractivity contribution is 0.326. The predicted octanol–water partition coefficient (Wildman–Crippen LogP) is 2.21. The van der Waals surface area contributed by atoms with E-state index >= 15 is 0 Å². The van der Waals surface area contributed by atoms with Gasteiger partial charge in [-0.25, -0.2) is 0 Å². The van der Waals surface area contributed by atoms with Crippen LogP contribution in [0.25, 0.3) is 0 Å². The van der Waals surface area contributed by atoms with E-state index in [2.05, 4.69) is 16.3 Å². The number of hydrogen-bond acceptors (Lipinski definition) is 3. The molecule has 1 aliphatic carbocycles. The van der Waals surface area contributed by atoms with Gasteiger partial charge in [0.25, 0.3) is 0 Å². The monoisotopic (exact) mass is 227 g/mol. The van der Waals surface area contributed by atoms with Crippen LogP contribution in [0.4, 0.5) is 5.69 Å². The van der Waals surface area contributed by atoms with Gasteiger partial charge in [-0.3, -0.25) is 4.90 Å². The van der Waals surface area contributed by atoms with E-state index < -0.39 is 0 Å². The van der Waals surface area contributed by atoms with Crippen molar-refractivity contribution < 1.29 is 0 Å². The summed E-state index contributed by atoms with van der Waals surface area (Å²) in [6, 6.07) is 11.4. The highest BCUT2D eigenvalue weighted by atomic mass is 15.2. The van der Waals surface area contributed by atoms with E-state index in [-0.39, 0.29) is 0 Å². The second-order valence-corrected chi connectivity index (χ2v) is 5.01. The summed E-state index contributed by atoms with van der Waals surface area (Å²) in [6.07, 6.45) is 3.94. The van der Waals surface area contributed by atoms with E-state index in [4.69, 9.17) is 5.26 Å². The van der Waals surface area contributed by atoms with Gasteiger partial charge in [0.2, 0.25) is 0 Å². The Labute approximate surface area is 102 Å². The van der Waals surface area contributed by atoms with E-state index in [0.717, 1.165) is 23.8 Å². The first-order chi connectivity index (χ1) is 8.36. The largest absolute Gasteiger partial charge is 0.380 e. The van der Waals surface area contributed by atoms with Crippen LogP contribution in [-0.4, -0.2) is 30.1 Å². The Balaban J connectivity index is 1.65. The Morgan fingerprint density at radius 3 is 2.82 bits per heavy atom. The van der Waals surface area contributed by atoms with Gasteiger partial charge in [-0.2, -0.15) is 5.26 Å². The number of nitrogens with one attached hydrogen (secondary N) is 1. The van der Waals surface area contributed by atoms with E-state index in [9.17, 15) is 0 Å². The number of rotatable bonds is 3. The van der Waals surface area contributed by atoms with Crippen LogP contribution in [0.5, 0.6) is 0 Å². The average Bonchev–Trinajstić information content (AvgIpc) is 3.11. The number of benzene rings is 1. The zero-order valence-corrected chi connectivity index (χ0v) is 9.89. The maximum absolute atomic E-state index is 9.04. The van der Waals surface area contributed by atoms with Crippen molar-refractivity contribution in [1.82, 2.24) is 4.90 Å². The number of hydrogen-bond donors (Lipinski definition) is 1. The molecule has 88 valence electrons. The third-order valence-corrected chi connectivity index (χ3v) is 3.69. The Morgan fingerprint density at radius 2 is 2.06 bits per heavy atom. The number of likely N-dealkylation sites (tertiary alicyclic amines) is 1. The fraction of sp³-hybridized carbons (Fsp3) is 0.500. The molecule has 1 saturated carbocycles. The Morgan fingerprint density at radius 1 is 1.24 bits per heavy atom. The maximum Gasteiger partial charge on any atom is 0.101 e. The molecule has 0 spiro atoms. The summed E-state index contributed by atoms with van der Waals surface area (Å²) in [5.41, 5.74) is 1.73. The van der Waals surface area contributed by atoms with Crippen LogP contribution in [0.2, 0.25) is 0 Å². The van der Waals surface area contributed by atoms with Crippen molar-refractivity contribution in [3.8, 4) is 6.07 Å². The van der Waals surface area contributed by atoms with E-state index in [1.807, 2.05) is 24.3 Å². The van der Waals surface area contributed by atoms with Crippen molar-refractivity contribution in [2.45, 2.75) is 31.3 Å². The van der Waals surface area contributed by atoms with Crippen molar-refractivity contribution in [1.29, 1.82) is 5.26 Å². The molecule has 1 atom stereocenters. The summed E-state index contributed by atoms with van der Waals surface area (Å²) < 4.78 is 0. The lowest BCUT2D eigenvalue weighted by Gasteiger charge is -2.17. The fourth-order valence-corrected chi connectivity index (χ4v) is 2.60.